The van der Waals surface area contributed by atoms with Crippen LogP contribution in [0.2, 0.25) is 0 Å². The van der Waals surface area contributed by atoms with E-state index in [1.807, 2.05) is 60.7 Å². The lowest BCUT2D eigenvalue weighted by Gasteiger charge is -2.16. The molecule has 0 saturated carbocycles. The Bertz CT molecular complexity index is 902. The van der Waals surface area contributed by atoms with Crippen LogP contribution in [0.5, 0.6) is 5.75 Å². The van der Waals surface area contributed by atoms with Gasteiger partial charge < -0.3 is 15.2 Å². The van der Waals surface area contributed by atoms with Gasteiger partial charge in [-0.3, -0.25) is 0 Å². The first kappa shape index (κ1) is 19.5. The van der Waals surface area contributed by atoms with Crippen LogP contribution in [0.25, 0.3) is 0 Å². The third-order valence-electron chi connectivity index (χ3n) is 4.43. The van der Waals surface area contributed by atoms with E-state index in [4.69, 9.17) is 10.00 Å². The van der Waals surface area contributed by atoms with Crippen molar-refractivity contribution >= 4 is 5.69 Å². The van der Waals surface area contributed by atoms with Gasteiger partial charge in [0.25, 0.3) is 0 Å². The number of nitrogens with zero attached hydrogens (tertiary/aromatic N) is 1. The first-order valence-corrected chi connectivity index (χ1v) is 9.37. The van der Waals surface area contributed by atoms with Gasteiger partial charge >= 0.3 is 0 Å². The number of nitrogens with one attached hydrogen (secondary N) is 1. The molecule has 1 unspecified atom stereocenters. The van der Waals surface area contributed by atoms with Gasteiger partial charge in [0.05, 0.1) is 12.5 Å². The summed E-state index contributed by atoms with van der Waals surface area (Å²) in [6, 6.07) is 28.0. The lowest BCUT2D eigenvalue weighted by molar-refractivity contribution is 0.117. The number of nitriles is 1. The largest absolute Gasteiger partial charge is 0.491 e. The topological polar surface area (TPSA) is 65.3 Å². The van der Waals surface area contributed by atoms with Crippen molar-refractivity contribution in [3.63, 3.8) is 0 Å². The summed E-state index contributed by atoms with van der Waals surface area (Å²) in [5.41, 5.74) is 4.41. The van der Waals surface area contributed by atoms with Gasteiger partial charge in [-0.25, -0.2) is 0 Å². The molecule has 3 rings (SSSR count). The quantitative estimate of drug-likeness (QED) is 0.591. The van der Waals surface area contributed by atoms with Crippen LogP contribution < -0.4 is 10.1 Å². The van der Waals surface area contributed by atoms with E-state index in [1.165, 1.54) is 11.1 Å². The fourth-order valence-electron chi connectivity index (χ4n) is 2.94. The van der Waals surface area contributed by atoms with Gasteiger partial charge in [-0.2, -0.15) is 5.26 Å². The smallest absolute Gasteiger partial charge is 0.119 e. The Balaban J connectivity index is 1.50. The Morgan fingerprint density at radius 1 is 0.893 bits per heavy atom. The van der Waals surface area contributed by atoms with Crippen molar-refractivity contribution in [2.45, 2.75) is 18.9 Å². The Labute approximate surface area is 166 Å². The molecule has 3 aromatic rings. The van der Waals surface area contributed by atoms with Crippen molar-refractivity contribution in [1.82, 2.24) is 0 Å². The second kappa shape index (κ2) is 10.1. The predicted octanol–water partition coefficient (Wildman–Crippen LogP) is 4.20. The van der Waals surface area contributed by atoms with E-state index >= 15 is 0 Å². The van der Waals surface area contributed by atoms with Crippen LogP contribution in [0.3, 0.4) is 0 Å². The van der Waals surface area contributed by atoms with Gasteiger partial charge in [0.2, 0.25) is 0 Å². The molecule has 0 aliphatic rings. The number of para-hydroxylation sites is 1. The number of benzene rings is 3. The summed E-state index contributed by atoms with van der Waals surface area (Å²) in [6.07, 6.45) is 0.587. The molecule has 142 valence electrons. The third kappa shape index (κ3) is 5.87. The molecule has 3 aromatic carbocycles. The number of rotatable bonds is 9. The normalized spacial score (nSPS) is 11.4. The first-order valence-electron chi connectivity index (χ1n) is 9.37. The summed E-state index contributed by atoms with van der Waals surface area (Å²) in [5, 5.41) is 22.3. The molecular formula is C24H24N2O2. The van der Waals surface area contributed by atoms with E-state index in [1.54, 1.807) is 0 Å². The minimum absolute atomic E-state index is 0.200. The zero-order valence-electron chi connectivity index (χ0n) is 15.7. The molecule has 2 N–H and O–H groups in total. The fourth-order valence-corrected chi connectivity index (χ4v) is 2.94. The minimum atomic E-state index is -0.636. The molecule has 28 heavy (non-hydrogen) atoms. The summed E-state index contributed by atoms with van der Waals surface area (Å²) in [4.78, 5) is 0. The van der Waals surface area contributed by atoms with Crippen molar-refractivity contribution in [2.24, 2.45) is 0 Å². The number of hydrogen-bond acceptors (Lipinski definition) is 4. The SMILES string of the molecule is N#CCc1ccc(OCC(O)CNc2ccccc2Cc2ccccc2)cc1. The number of ether oxygens (including phenoxy) is 1. The van der Waals surface area contributed by atoms with E-state index in [9.17, 15) is 5.11 Å². The lowest BCUT2D eigenvalue weighted by atomic mass is 10.0. The predicted molar refractivity (Wildman–Crippen MR) is 111 cm³/mol. The number of aliphatic hydroxyl groups excluding tert-OH is 1. The molecule has 0 radical (unpaired) electrons. The second-order valence-electron chi connectivity index (χ2n) is 6.64. The Morgan fingerprint density at radius 3 is 2.36 bits per heavy atom. The van der Waals surface area contributed by atoms with Crippen molar-refractivity contribution in [3.05, 3.63) is 95.6 Å². The maximum atomic E-state index is 10.3. The van der Waals surface area contributed by atoms with Crippen LogP contribution in [0.4, 0.5) is 5.69 Å². The van der Waals surface area contributed by atoms with Crippen LogP contribution in [-0.4, -0.2) is 24.4 Å². The zero-order valence-corrected chi connectivity index (χ0v) is 15.7. The summed E-state index contributed by atoms with van der Waals surface area (Å²) in [7, 11) is 0. The highest BCUT2D eigenvalue weighted by molar-refractivity contribution is 5.52. The van der Waals surface area contributed by atoms with Gasteiger partial charge in [-0.1, -0.05) is 60.7 Å². The van der Waals surface area contributed by atoms with Gasteiger partial charge in [0.1, 0.15) is 18.5 Å². The van der Waals surface area contributed by atoms with Crippen molar-refractivity contribution < 1.29 is 9.84 Å². The van der Waals surface area contributed by atoms with Crippen molar-refractivity contribution in [3.8, 4) is 11.8 Å². The van der Waals surface area contributed by atoms with Crippen LogP contribution in [0.1, 0.15) is 16.7 Å². The highest BCUT2D eigenvalue weighted by atomic mass is 16.5. The van der Waals surface area contributed by atoms with E-state index in [2.05, 4.69) is 29.6 Å². The first-order chi connectivity index (χ1) is 13.7. The van der Waals surface area contributed by atoms with Crippen LogP contribution in [0, 0.1) is 11.3 Å². The second-order valence-corrected chi connectivity index (χ2v) is 6.64. The monoisotopic (exact) mass is 372 g/mol. The molecule has 0 bridgehead atoms. The Morgan fingerprint density at radius 2 is 1.61 bits per heavy atom. The van der Waals surface area contributed by atoms with Gasteiger partial charge in [0.15, 0.2) is 0 Å². The summed E-state index contributed by atoms with van der Waals surface area (Å²) >= 11 is 0. The average molecular weight is 372 g/mol. The maximum absolute atomic E-state index is 10.3. The standard InChI is InChI=1S/C24H24N2O2/c25-15-14-19-10-12-23(13-11-19)28-18-22(27)17-26-24-9-5-4-8-21(24)16-20-6-2-1-3-7-20/h1-13,22,26-27H,14,16-18H2. The molecule has 0 heterocycles. The number of aliphatic hydroxyl groups is 1. The molecule has 4 nitrogen and oxygen atoms in total. The molecule has 0 aromatic heterocycles. The molecular weight excluding hydrogens is 348 g/mol. The molecule has 0 spiro atoms. The number of hydrogen-bond donors (Lipinski definition) is 2. The lowest BCUT2D eigenvalue weighted by Crippen LogP contribution is -2.26. The van der Waals surface area contributed by atoms with Crippen LogP contribution in [-0.2, 0) is 12.8 Å². The Kier molecular flexibility index (Phi) is 7.06. The highest BCUT2D eigenvalue weighted by Crippen LogP contribution is 2.19. The third-order valence-corrected chi connectivity index (χ3v) is 4.43. The number of anilines is 1. The van der Waals surface area contributed by atoms with E-state index in [0.717, 1.165) is 17.7 Å². The molecule has 0 aliphatic heterocycles. The molecule has 4 heteroatoms. The van der Waals surface area contributed by atoms with Crippen molar-refractivity contribution in [1.29, 1.82) is 5.26 Å². The molecule has 0 saturated heterocycles. The maximum Gasteiger partial charge on any atom is 0.119 e. The molecule has 1 atom stereocenters. The summed E-state index contributed by atoms with van der Waals surface area (Å²) < 4.78 is 5.64. The van der Waals surface area contributed by atoms with Gasteiger partial charge in [-0.05, 0) is 41.3 Å². The van der Waals surface area contributed by atoms with Gasteiger partial charge in [0, 0.05) is 12.2 Å². The average Bonchev–Trinajstić information content (AvgIpc) is 2.73. The minimum Gasteiger partial charge on any atom is -0.491 e. The summed E-state index contributed by atoms with van der Waals surface area (Å²) in [5.74, 6) is 0.685. The van der Waals surface area contributed by atoms with E-state index in [-0.39, 0.29) is 6.61 Å². The fraction of sp³-hybridized carbons (Fsp3) is 0.208. The Hall–Kier alpha value is -3.29. The summed E-state index contributed by atoms with van der Waals surface area (Å²) in [6.45, 7) is 0.601. The van der Waals surface area contributed by atoms with Crippen LogP contribution >= 0.6 is 0 Å². The molecule has 0 fully saturated rings. The van der Waals surface area contributed by atoms with Crippen LogP contribution in [0.15, 0.2) is 78.9 Å². The molecule has 0 amide bonds. The van der Waals surface area contributed by atoms with E-state index in [0.29, 0.717) is 18.7 Å². The zero-order chi connectivity index (χ0) is 19.6. The molecule has 0 aliphatic carbocycles. The highest BCUT2D eigenvalue weighted by Gasteiger charge is 2.08. The van der Waals surface area contributed by atoms with Gasteiger partial charge in [-0.15, -0.1) is 0 Å². The van der Waals surface area contributed by atoms with Crippen molar-refractivity contribution in [2.75, 3.05) is 18.5 Å². The van der Waals surface area contributed by atoms with E-state index < -0.39 is 6.10 Å².